The number of thioether (sulfide) groups is 1. The standard InChI is InChI=1S/C14H10Cl2N4S/c15-11-3-1-10(2-4-11)14(20-9-17-18-19-20)21-13-7-5-12(16)6-8-13/h1-9,14H. The van der Waals surface area contributed by atoms with Gasteiger partial charge >= 0.3 is 0 Å². The average Bonchev–Trinajstić information content (AvgIpc) is 3.02. The van der Waals surface area contributed by atoms with Crippen molar-refractivity contribution in [2.75, 3.05) is 0 Å². The van der Waals surface area contributed by atoms with Crippen molar-refractivity contribution < 1.29 is 0 Å². The Labute approximate surface area is 136 Å². The summed E-state index contributed by atoms with van der Waals surface area (Å²) in [6.45, 7) is 0. The Morgan fingerprint density at radius 2 is 1.52 bits per heavy atom. The minimum absolute atomic E-state index is 0.0709. The highest BCUT2D eigenvalue weighted by molar-refractivity contribution is 7.99. The van der Waals surface area contributed by atoms with Crippen molar-refractivity contribution in [2.45, 2.75) is 10.3 Å². The van der Waals surface area contributed by atoms with Crippen molar-refractivity contribution in [3.05, 3.63) is 70.5 Å². The number of hydrogen-bond donors (Lipinski definition) is 0. The summed E-state index contributed by atoms with van der Waals surface area (Å²) >= 11 is 13.5. The van der Waals surface area contributed by atoms with Gasteiger partial charge in [-0.25, -0.2) is 4.68 Å². The van der Waals surface area contributed by atoms with Gasteiger partial charge < -0.3 is 0 Å². The summed E-state index contributed by atoms with van der Waals surface area (Å²) in [5.74, 6) is 0. The van der Waals surface area contributed by atoms with Gasteiger partial charge in [0.1, 0.15) is 11.7 Å². The molecule has 0 aliphatic rings. The van der Waals surface area contributed by atoms with E-state index in [1.807, 2.05) is 48.5 Å². The molecule has 0 saturated heterocycles. The van der Waals surface area contributed by atoms with E-state index in [-0.39, 0.29) is 5.37 Å². The van der Waals surface area contributed by atoms with Gasteiger partial charge in [-0.05, 0) is 52.4 Å². The maximum Gasteiger partial charge on any atom is 0.139 e. The molecule has 106 valence electrons. The number of halogens is 2. The van der Waals surface area contributed by atoms with Crippen LogP contribution in [0.5, 0.6) is 0 Å². The van der Waals surface area contributed by atoms with Crippen LogP contribution in [0.1, 0.15) is 10.9 Å². The molecule has 1 aromatic heterocycles. The highest BCUT2D eigenvalue weighted by Gasteiger charge is 2.16. The fraction of sp³-hybridized carbons (Fsp3) is 0.0714. The lowest BCUT2D eigenvalue weighted by molar-refractivity contribution is 0.634. The molecule has 3 rings (SSSR count). The predicted octanol–water partition coefficient (Wildman–Crippen LogP) is 4.32. The van der Waals surface area contributed by atoms with Crippen molar-refractivity contribution in [1.29, 1.82) is 0 Å². The zero-order valence-corrected chi connectivity index (χ0v) is 13.1. The van der Waals surface area contributed by atoms with E-state index in [2.05, 4.69) is 15.5 Å². The Bertz CT molecular complexity index is 699. The first kappa shape index (κ1) is 14.4. The quantitative estimate of drug-likeness (QED) is 0.665. The minimum Gasteiger partial charge on any atom is -0.215 e. The lowest BCUT2D eigenvalue weighted by atomic mass is 10.2. The second-order valence-corrected chi connectivity index (χ2v) is 6.29. The molecule has 1 atom stereocenters. The van der Waals surface area contributed by atoms with Gasteiger partial charge in [0.15, 0.2) is 0 Å². The molecule has 0 saturated carbocycles. The summed E-state index contributed by atoms with van der Waals surface area (Å²) in [5.41, 5.74) is 1.06. The molecule has 2 aromatic carbocycles. The van der Waals surface area contributed by atoms with Crippen LogP contribution in [-0.2, 0) is 0 Å². The van der Waals surface area contributed by atoms with Crippen LogP contribution in [0.3, 0.4) is 0 Å². The molecular weight excluding hydrogens is 327 g/mol. The summed E-state index contributed by atoms with van der Waals surface area (Å²) in [6, 6.07) is 15.3. The smallest absolute Gasteiger partial charge is 0.139 e. The second-order valence-electron chi connectivity index (χ2n) is 4.27. The molecule has 1 unspecified atom stereocenters. The highest BCUT2D eigenvalue weighted by atomic mass is 35.5. The fourth-order valence-electron chi connectivity index (χ4n) is 1.82. The molecule has 0 aliphatic carbocycles. The van der Waals surface area contributed by atoms with Crippen molar-refractivity contribution in [3.63, 3.8) is 0 Å². The summed E-state index contributed by atoms with van der Waals surface area (Å²) < 4.78 is 1.71. The molecule has 21 heavy (non-hydrogen) atoms. The van der Waals surface area contributed by atoms with Gasteiger partial charge in [-0.1, -0.05) is 47.1 Å². The minimum atomic E-state index is -0.0709. The van der Waals surface area contributed by atoms with Crippen LogP contribution in [0.25, 0.3) is 0 Å². The van der Waals surface area contributed by atoms with E-state index >= 15 is 0 Å². The van der Waals surface area contributed by atoms with E-state index in [9.17, 15) is 0 Å². The lowest BCUT2D eigenvalue weighted by Gasteiger charge is -2.16. The van der Waals surface area contributed by atoms with E-state index in [4.69, 9.17) is 23.2 Å². The van der Waals surface area contributed by atoms with Crippen LogP contribution < -0.4 is 0 Å². The van der Waals surface area contributed by atoms with E-state index in [1.165, 1.54) is 0 Å². The third-order valence-corrected chi connectivity index (χ3v) is 4.58. The topological polar surface area (TPSA) is 43.6 Å². The molecule has 0 radical (unpaired) electrons. The van der Waals surface area contributed by atoms with Crippen LogP contribution in [0.15, 0.2) is 59.8 Å². The zero-order valence-electron chi connectivity index (χ0n) is 10.7. The lowest BCUT2D eigenvalue weighted by Crippen LogP contribution is -2.08. The van der Waals surface area contributed by atoms with Crippen molar-refractivity contribution in [2.24, 2.45) is 0 Å². The summed E-state index contributed by atoms with van der Waals surface area (Å²) in [6.07, 6.45) is 1.60. The van der Waals surface area contributed by atoms with E-state index < -0.39 is 0 Å². The number of rotatable bonds is 4. The van der Waals surface area contributed by atoms with Crippen molar-refractivity contribution in [3.8, 4) is 0 Å². The maximum atomic E-state index is 5.95. The maximum absolute atomic E-state index is 5.95. The van der Waals surface area contributed by atoms with Crippen LogP contribution in [0.2, 0.25) is 10.0 Å². The fourth-order valence-corrected chi connectivity index (χ4v) is 3.12. The van der Waals surface area contributed by atoms with Crippen molar-refractivity contribution in [1.82, 2.24) is 20.2 Å². The highest BCUT2D eigenvalue weighted by Crippen LogP contribution is 2.36. The van der Waals surface area contributed by atoms with Gasteiger partial charge in [0.05, 0.1) is 0 Å². The van der Waals surface area contributed by atoms with Gasteiger partial charge in [-0.2, -0.15) is 0 Å². The SMILES string of the molecule is Clc1ccc(SC(c2ccc(Cl)cc2)n2cnnn2)cc1. The zero-order chi connectivity index (χ0) is 14.7. The van der Waals surface area contributed by atoms with Gasteiger partial charge in [0.25, 0.3) is 0 Å². The van der Waals surface area contributed by atoms with Gasteiger partial charge in [-0.3, -0.25) is 0 Å². The van der Waals surface area contributed by atoms with Gasteiger partial charge in [0, 0.05) is 14.9 Å². The summed E-state index contributed by atoms with van der Waals surface area (Å²) in [4.78, 5) is 1.08. The Kier molecular flexibility index (Phi) is 4.43. The Hall–Kier alpha value is -1.56. The largest absolute Gasteiger partial charge is 0.215 e. The third-order valence-electron chi connectivity index (χ3n) is 2.82. The van der Waals surface area contributed by atoms with Crippen LogP contribution in [0, 0.1) is 0 Å². The molecular formula is C14H10Cl2N4S. The monoisotopic (exact) mass is 336 g/mol. The molecule has 0 fully saturated rings. The number of hydrogen-bond acceptors (Lipinski definition) is 4. The first-order valence-corrected chi connectivity index (χ1v) is 7.76. The Morgan fingerprint density at radius 1 is 0.905 bits per heavy atom. The van der Waals surface area contributed by atoms with E-state index in [1.54, 1.807) is 22.8 Å². The molecule has 1 heterocycles. The van der Waals surface area contributed by atoms with Crippen LogP contribution >= 0.6 is 35.0 Å². The predicted molar refractivity (Wildman–Crippen MR) is 84.7 cm³/mol. The molecule has 0 spiro atoms. The summed E-state index contributed by atoms with van der Waals surface area (Å²) in [7, 11) is 0. The molecule has 0 amide bonds. The molecule has 4 nitrogen and oxygen atoms in total. The Morgan fingerprint density at radius 3 is 2.10 bits per heavy atom. The average molecular weight is 337 g/mol. The second kappa shape index (κ2) is 6.47. The molecule has 0 aliphatic heterocycles. The first-order chi connectivity index (χ1) is 10.2. The van der Waals surface area contributed by atoms with Crippen LogP contribution in [0.4, 0.5) is 0 Å². The van der Waals surface area contributed by atoms with Gasteiger partial charge in [-0.15, -0.1) is 5.10 Å². The Balaban J connectivity index is 1.93. The van der Waals surface area contributed by atoms with Gasteiger partial charge in [0.2, 0.25) is 0 Å². The number of nitrogens with zero attached hydrogens (tertiary/aromatic N) is 4. The number of aromatic nitrogens is 4. The van der Waals surface area contributed by atoms with E-state index in [0.29, 0.717) is 10.0 Å². The van der Waals surface area contributed by atoms with E-state index in [0.717, 1.165) is 10.5 Å². The molecule has 0 bridgehead atoms. The molecule has 7 heteroatoms. The third kappa shape index (κ3) is 3.56. The number of tetrazole rings is 1. The number of benzene rings is 2. The summed E-state index contributed by atoms with van der Waals surface area (Å²) in [5, 5.41) is 12.8. The van der Waals surface area contributed by atoms with Crippen molar-refractivity contribution >= 4 is 35.0 Å². The van der Waals surface area contributed by atoms with Crippen LogP contribution in [-0.4, -0.2) is 20.2 Å². The molecule has 0 N–H and O–H groups in total. The molecule has 3 aromatic rings. The normalized spacial score (nSPS) is 12.3. The first-order valence-electron chi connectivity index (χ1n) is 6.12.